The van der Waals surface area contributed by atoms with Crippen LogP contribution in [0.2, 0.25) is 5.02 Å². The molecular formula is C8H3ClN2. The minimum absolute atomic E-state index is 0.633. The highest BCUT2D eigenvalue weighted by molar-refractivity contribution is 6.35. The smallest absolute Gasteiger partial charge is 0.114 e. The lowest BCUT2D eigenvalue weighted by Gasteiger charge is -1.94. The SMILES string of the molecule is Clc1c[c]cc2nn[c]cc12. The number of hydrogen-bond acceptors (Lipinski definition) is 2. The van der Waals surface area contributed by atoms with Crippen molar-refractivity contribution in [2.24, 2.45) is 0 Å². The van der Waals surface area contributed by atoms with E-state index in [-0.39, 0.29) is 0 Å². The van der Waals surface area contributed by atoms with E-state index in [1.807, 2.05) is 0 Å². The average Bonchev–Trinajstić information content (AvgIpc) is 2.06. The second kappa shape index (κ2) is 2.47. The fourth-order valence-electron chi connectivity index (χ4n) is 0.873. The monoisotopic (exact) mass is 162 g/mol. The summed E-state index contributed by atoms with van der Waals surface area (Å²) in [6.07, 6.45) is 2.62. The molecule has 1 heterocycles. The van der Waals surface area contributed by atoms with E-state index in [2.05, 4.69) is 22.5 Å². The van der Waals surface area contributed by atoms with E-state index in [0.717, 1.165) is 10.9 Å². The van der Waals surface area contributed by atoms with Gasteiger partial charge >= 0.3 is 0 Å². The van der Waals surface area contributed by atoms with Crippen LogP contribution in [0.4, 0.5) is 0 Å². The van der Waals surface area contributed by atoms with Gasteiger partial charge in [0.25, 0.3) is 0 Å². The molecule has 0 spiro atoms. The third-order valence-electron chi connectivity index (χ3n) is 1.39. The van der Waals surface area contributed by atoms with Crippen molar-refractivity contribution in [3.63, 3.8) is 0 Å². The Hall–Kier alpha value is -1.15. The molecule has 0 aliphatic rings. The van der Waals surface area contributed by atoms with Crippen molar-refractivity contribution in [3.8, 4) is 0 Å². The average molecular weight is 163 g/mol. The van der Waals surface area contributed by atoms with Gasteiger partial charge in [0.1, 0.15) is 6.20 Å². The summed E-state index contributed by atoms with van der Waals surface area (Å²) in [5.74, 6) is 0. The Morgan fingerprint density at radius 1 is 1.27 bits per heavy atom. The van der Waals surface area contributed by atoms with Gasteiger partial charge in [-0.3, -0.25) is 0 Å². The van der Waals surface area contributed by atoms with Crippen LogP contribution < -0.4 is 0 Å². The molecule has 2 radical (unpaired) electrons. The van der Waals surface area contributed by atoms with Crippen LogP contribution in [-0.2, 0) is 0 Å². The van der Waals surface area contributed by atoms with Crippen molar-refractivity contribution in [1.29, 1.82) is 0 Å². The Kier molecular flexibility index (Phi) is 1.47. The van der Waals surface area contributed by atoms with E-state index in [1.54, 1.807) is 18.2 Å². The highest BCUT2D eigenvalue weighted by Gasteiger charge is 1.96. The molecule has 52 valence electrons. The Balaban J connectivity index is 2.91. The van der Waals surface area contributed by atoms with Gasteiger partial charge in [-0.2, -0.15) is 0 Å². The summed E-state index contributed by atoms with van der Waals surface area (Å²) in [4.78, 5) is 0. The van der Waals surface area contributed by atoms with Crippen molar-refractivity contribution in [1.82, 2.24) is 10.2 Å². The lowest BCUT2D eigenvalue weighted by molar-refractivity contribution is 1.07. The van der Waals surface area contributed by atoms with E-state index in [9.17, 15) is 0 Å². The number of halogens is 1. The highest BCUT2D eigenvalue weighted by Crippen LogP contribution is 2.19. The Morgan fingerprint density at radius 3 is 3.00 bits per heavy atom. The molecule has 2 rings (SSSR count). The molecule has 11 heavy (non-hydrogen) atoms. The molecule has 2 nitrogen and oxygen atoms in total. The molecule has 1 aromatic carbocycles. The maximum Gasteiger partial charge on any atom is 0.114 e. The van der Waals surface area contributed by atoms with Gasteiger partial charge in [-0.1, -0.05) is 11.6 Å². The zero-order chi connectivity index (χ0) is 7.68. The standard InChI is InChI=1S/C8H3ClN2/c9-7-2-1-3-8-6(7)4-5-10-11-8/h2-4H. The summed E-state index contributed by atoms with van der Waals surface area (Å²) < 4.78 is 0. The van der Waals surface area contributed by atoms with Gasteiger partial charge < -0.3 is 0 Å². The summed E-state index contributed by atoms with van der Waals surface area (Å²) in [7, 11) is 0. The van der Waals surface area contributed by atoms with E-state index in [1.165, 1.54) is 0 Å². The first-order valence-electron chi connectivity index (χ1n) is 3.07. The fourth-order valence-corrected chi connectivity index (χ4v) is 1.09. The molecule has 2 aromatic rings. The summed E-state index contributed by atoms with van der Waals surface area (Å²) >= 11 is 5.84. The van der Waals surface area contributed by atoms with Crippen LogP contribution in [0, 0.1) is 12.3 Å². The van der Waals surface area contributed by atoms with E-state index >= 15 is 0 Å². The second-order valence-electron chi connectivity index (χ2n) is 2.08. The van der Waals surface area contributed by atoms with Gasteiger partial charge in [0.05, 0.1) is 10.5 Å². The molecule has 0 N–H and O–H groups in total. The first-order chi connectivity index (χ1) is 5.38. The number of hydrogen-bond donors (Lipinski definition) is 0. The Bertz CT molecular complexity index is 381. The van der Waals surface area contributed by atoms with Crippen molar-refractivity contribution < 1.29 is 0 Å². The molecule has 0 atom stereocenters. The molecule has 0 fully saturated rings. The van der Waals surface area contributed by atoms with Crippen LogP contribution in [-0.4, -0.2) is 10.2 Å². The quantitative estimate of drug-likeness (QED) is 0.591. The molecule has 0 bridgehead atoms. The third kappa shape index (κ3) is 1.05. The third-order valence-corrected chi connectivity index (χ3v) is 1.70. The summed E-state index contributed by atoms with van der Waals surface area (Å²) in [5, 5.41) is 8.92. The maximum absolute atomic E-state index is 5.84. The minimum atomic E-state index is 0.633. The largest absolute Gasteiger partial charge is 0.150 e. The molecule has 0 aliphatic carbocycles. The summed E-state index contributed by atoms with van der Waals surface area (Å²) in [5.41, 5.74) is 0.747. The first-order valence-corrected chi connectivity index (χ1v) is 3.45. The van der Waals surface area contributed by atoms with Crippen LogP contribution in [0.5, 0.6) is 0 Å². The van der Waals surface area contributed by atoms with Gasteiger partial charge in [-0.25, -0.2) is 0 Å². The van der Waals surface area contributed by atoms with E-state index in [4.69, 9.17) is 11.6 Å². The zero-order valence-electron chi connectivity index (χ0n) is 5.50. The topological polar surface area (TPSA) is 25.8 Å². The maximum atomic E-state index is 5.84. The molecule has 0 amide bonds. The van der Waals surface area contributed by atoms with E-state index < -0.39 is 0 Å². The predicted molar refractivity (Wildman–Crippen MR) is 42.2 cm³/mol. The molecule has 1 aromatic heterocycles. The van der Waals surface area contributed by atoms with Gasteiger partial charge in [0.15, 0.2) is 0 Å². The fraction of sp³-hybridized carbons (Fsp3) is 0. The van der Waals surface area contributed by atoms with Gasteiger partial charge in [-0.05, 0) is 24.3 Å². The molecular weight excluding hydrogens is 160 g/mol. The van der Waals surface area contributed by atoms with E-state index in [0.29, 0.717) is 5.02 Å². The van der Waals surface area contributed by atoms with Crippen molar-refractivity contribution >= 4 is 22.5 Å². The first kappa shape index (κ1) is 6.55. The molecule has 0 saturated carbocycles. The van der Waals surface area contributed by atoms with Crippen LogP contribution in [0.25, 0.3) is 10.9 Å². The highest BCUT2D eigenvalue weighted by atomic mass is 35.5. The van der Waals surface area contributed by atoms with Gasteiger partial charge in [0, 0.05) is 5.39 Å². The summed E-state index contributed by atoms with van der Waals surface area (Å²) in [6, 6.07) is 7.99. The van der Waals surface area contributed by atoms with Crippen LogP contribution in [0.1, 0.15) is 0 Å². The molecule has 0 saturated heterocycles. The van der Waals surface area contributed by atoms with Gasteiger partial charge in [0.2, 0.25) is 0 Å². The lowest BCUT2D eigenvalue weighted by atomic mass is 10.2. The molecule has 3 heteroatoms. The van der Waals surface area contributed by atoms with Crippen molar-refractivity contribution in [2.45, 2.75) is 0 Å². The number of nitrogens with zero attached hydrogens (tertiary/aromatic N) is 2. The molecule has 0 aliphatic heterocycles. The van der Waals surface area contributed by atoms with Crippen LogP contribution in [0.15, 0.2) is 18.2 Å². The predicted octanol–water partition coefficient (Wildman–Crippen LogP) is 1.88. The number of benzene rings is 1. The normalized spacial score (nSPS) is 10.3. The Morgan fingerprint density at radius 2 is 2.18 bits per heavy atom. The molecule has 0 unspecified atom stereocenters. The van der Waals surface area contributed by atoms with Crippen molar-refractivity contribution in [2.75, 3.05) is 0 Å². The summed E-state index contributed by atoms with van der Waals surface area (Å²) in [6.45, 7) is 0. The Labute approximate surface area is 68.8 Å². The van der Waals surface area contributed by atoms with Gasteiger partial charge in [-0.15, -0.1) is 10.2 Å². The number of rotatable bonds is 0. The van der Waals surface area contributed by atoms with Crippen molar-refractivity contribution in [3.05, 3.63) is 35.5 Å². The number of aromatic nitrogens is 2. The second-order valence-corrected chi connectivity index (χ2v) is 2.48. The zero-order valence-corrected chi connectivity index (χ0v) is 6.26. The van der Waals surface area contributed by atoms with Crippen LogP contribution in [0.3, 0.4) is 0 Å². The lowest BCUT2D eigenvalue weighted by Crippen LogP contribution is -1.82. The minimum Gasteiger partial charge on any atom is -0.150 e. The van der Waals surface area contributed by atoms with Crippen LogP contribution >= 0.6 is 11.6 Å². The number of fused-ring (bicyclic) bond motifs is 1.